The normalized spacial score (nSPS) is 12.7. The molecule has 5 nitrogen and oxygen atoms in total. The number of benzene rings is 1. The molecule has 1 aromatic heterocycles. The second-order valence-electron chi connectivity index (χ2n) is 4.20. The van der Waals surface area contributed by atoms with Crippen molar-refractivity contribution in [3.8, 4) is 0 Å². The molecule has 0 spiro atoms. The maximum absolute atomic E-state index is 13.0. The van der Waals surface area contributed by atoms with E-state index in [1.165, 1.54) is 17.0 Å². The van der Waals surface area contributed by atoms with Crippen molar-refractivity contribution in [2.45, 2.75) is 12.2 Å². The molecule has 9 heteroatoms. The summed E-state index contributed by atoms with van der Waals surface area (Å²) in [5.41, 5.74) is -0.346. The van der Waals surface area contributed by atoms with Crippen LogP contribution in [0.5, 0.6) is 0 Å². The number of thiazole rings is 1. The molecule has 0 unspecified atom stereocenters. The van der Waals surface area contributed by atoms with E-state index in [-0.39, 0.29) is 5.69 Å². The number of carbonyl (C=O) groups excluding carboxylic acids is 1. The Bertz CT molecular complexity index is 686. The molecule has 0 radical (unpaired) electrons. The molecule has 22 heavy (non-hydrogen) atoms. The van der Waals surface area contributed by atoms with Crippen LogP contribution in [0, 0.1) is 0 Å². The molecule has 2 aromatic rings. The highest BCUT2D eigenvalue weighted by molar-refractivity contribution is 7.07. The van der Waals surface area contributed by atoms with Gasteiger partial charge in [0.05, 0.1) is 11.1 Å². The molecule has 1 heterocycles. The summed E-state index contributed by atoms with van der Waals surface area (Å²) in [7, 11) is 0. The number of carboxylic acid groups (broad SMARTS) is 1. The monoisotopic (exact) mass is 330 g/mol. The fourth-order valence-corrected chi connectivity index (χ4v) is 2.34. The Morgan fingerprint density at radius 2 is 1.95 bits per heavy atom. The molecule has 0 bridgehead atoms. The number of rotatable bonds is 4. The minimum absolute atomic E-state index is 0.0549. The average Bonchev–Trinajstić information content (AvgIpc) is 2.97. The molecule has 0 aliphatic heterocycles. The van der Waals surface area contributed by atoms with E-state index in [0.29, 0.717) is 0 Å². The standard InChI is InChI=1S/C13H9F3N2O3S/c14-13(15,16)8-4-2-1-3-7(8)10(12(20)21)18-11(19)9-5-22-6-17-9/h1-6,10H,(H,18,19)(H,20,21)/t10-/m1/s1. The predicted octanol–water partition coefficient (Wildman–Crippen LogP) is 2.72. The first-order chi connectivity index (χ1) is 10.3. The number of alkyl halides is 3. The summed E-state index contributed by atoms with van der Waals surface area (Å²) in [6.45, 7) is 0. The molecular formula is C13H9F3N2O3S. The SMILES string of the molecule is O=C(N[C@@H](C(=O)O)c1ccccc1C(F)(F)F)c1cscn1. The quantitative estimate of drug-likeness (QED) is 0.903. The van der Waals surface area contributed by atoms with Gasteiger partial charge in [0, 0.05) is 5.38 Å². The van der Waals surface area contributed by atoms with E-state index in [9.17, 15) is 22.8 Å². The topological polar surface area (TPSA) is 79.3 Å². The third-order valence-electron chi connectivity index (χ3n) is 2.76. The van der Waals surface area contributed by atoms with Gasteiger partial charge in [0.2, 0.25) is 0 Å². The molecule has 0 aliphatic carbocycles. The second kappa shape index (κ2) is 6.14. The number of aliphatic carboxylic acids is 1. The van der Waals surface area contributed by atoms with Crippen LogP contribution in [-0.4, -0.2) is 22.0 Å². The molecule has 116 valence electrons. The Labute approximate surface area is 126 Å². The van der Waals surface area contributed by atoms with Crippen LogP contribution < -0.4 is 5.32 Å². The number of carbonyl (C=O) groups is 2. The zero-order valence-electron chi connectivity index (χ0n) is 10.8. The van der Waals surface area contributed by atoms with E-state index < -0.39 is 35.2 Å². The fourth-order valence-electron chi connectivity index (χ4n) is 1.81. The van der Waals surface area contributed by atoms with Crippen molar-refractivity contribution in [3.63, 3.8) is 0 Å². The zero-order valence-corrected chi connectivity index (χ0v) is 11.6. The molecule has 1 amide bonds. The number of nitrogens with zero attached hydrogens (tertiary/aromatic N) is 1. The number of aromatic nitrogens is 1. The van der Waals surface area contributed by atoms with E-state index in [4.69, 9.17) is 5.11 Å². The van der Waals surface area contributed by atoms with Crippen molar-refractivity contribution in [2.24, 2.45) is 0 Å². The smallest absolute Gasteiger partial charge is 0.416 e. The fraction of sp³-hybridized carbons (Fsp3) is 0.154. The first kappa shape index (κ1) is 16.0. The maximum atomic E-state index is 13.0. The van der Waals surface area contributed by atoms with Crippen LogP contribution in [0.25, 0.3) is 0 Å². The average molecular weight is 330 g/mol. The molecule has 2 rings (SSSR count). The second-order valence-corrected chi connectivity index (χ2v) is 4.92. The lowest BCUT2D eigenvalue weighted by Crippen LogP contribution is -2.35. The predicted molar refractivity (Wildman–Crippen MR) is 71.4 cm³/mol. The summed E-state index contributed by atoms with van der Waals surface area (Å²) in [5, 5.41) is 12.6. The van der Waals surface area contributed by atoms with Crippen LogP contribution in [-0.2, 0) is 11.0 Å². The van der Waals surface area contributed by atoms with Gasteiger partial charge in [0.25, 0.3) is 5.91 Å². The lowest BCUT2D eigenvalue weighted by atomic mass is 9.99. The number of amides is 1. The Morgan fingerprint density at radius 3 is 2.50 bits per heavy atom. The summed E-state index contributed by atoms with van der Waals surface area (Å²) in [6, 6.07) is 2.37. The molecule has 0 fully saturated rings. The van der Waals surface area contributed by atoms with Crippen molar-refractivity contribution in [1.29, 1.82) is 0 Å². The summed E-state index contributed by atoms with van der Waals surface area (Å²) < 4.78 is 38.9. The number of carboxylic acids is 1. The Hall–Kier alpha value is -2.42. The summed E-state index contributed by atoms with van der Waals surface area (Å²) in [5.74, 6) is -2.45. The third kappa shape index (κ3) is 3.42. The minimum Gasteiger partial charge on any atom is -0.479 e. The van der Waals surface area contributed by atoms with Gasteiger partial charge in [-0.1, -0.05) is 18.2 Å². The minimum atomic E-state index is -4.73. The Balaban J connectivity index is 2.38. The van der Waals surface area contributed by atoms with E-state index in [2.05, 4.69) is 10.3 Å². The van der Waals surface area contributed by atoms with Gasteiger partial charge in [-0.3, -0.25) is 4.79 Å². The van der Waals surface area contributed by atoms with Gasteiger partial charge in [-0.05, 0) is 11.6 Å². The van der Waals surface area contributed by atoms with Crippen LogP contribution in [0.15, 0.2) is 35.2 Å². The van der Waals surface area contributed by atoms with Gasteiger partial charge in [0.1, 0.15) is 5.69 Å². The summed E-state index contributed by atoms with van der Waals surface area (Å²) in [4.78, 5) is 26.8. The van der Waals surface area contributed by atoms with E-state index in [1.54, 1.807) is 0 Å². The number of hydrogen-bond donors (Lipinski definition) is 2. The zero-order chi connectivity index (χ0) is 16.3. The van der Waals surface area contributed by atoms with Crippen molar-refractivity contribution in [1.82, 2.24) is 10.3 Å². The molecular weight excluding hydrogens is 321 g/mol. The first-order valence-electron chi connectivity index (χ1n) is 5.88. The molecule has 2 N–H and O–H groups in total. The molecule has 0 saturated carbocycles. The van der Waals surface area contributed by atoms with Gasteiger partial charge in [-0.25, -0.2) is 9.78 Å². The summed E-state index contributed by atoms with van der Waals surface area (Å²) >= 11 is 1.11. The van der Waals surface area contributed by atoms with Gasteiger partial charge in [0.15, 0.2) is 6.04 Å². The molecule has 1 aromatic carbocycles. The number of halogens is 3. The Kier molecular flexibility index (Phi) is 4.45. The molecule has 0 aliphatic rings. The van der Waals surface area contributed by atoms with Crippen LogP contribution in [0.3, 0.4) is 0 Å². The van der Waals surface area contributed by atoms with Crippen molar-refractivity contribution in [2.75, 3.05) is 0 Å². The van der Waals surface area contributed by atoms with E-state index >= 15 is 0 Å². The van der Waals surface area contributed by atoms with Gasteiger partial charge >= 0.3 is 12.1 Å². The van der Waals surface area contributed by atoms with Gasteiger partial charge in [-0.15, -0.1) is 11.3 Å². The van der Waals surface area contributed by atoms with Crippen LogP contribution in [0.4, 0.5) is 13.2 Å². The van der Waals surface area contributed by atoms with Crippen molar-refractivity contribution in [3.05, 3.63) is 52.0 Å². The van der Waals surface area contributed by atoms with E-state index in [1.807, 2.05) is 0 Å². The lowest BCUT2D eigenvalue weighted by Gasteiger charge is -2.19. The van der Waals surface area contributed by atoms with Crippen LogP contribution in [0.2, 0.25) is 0 Å². The highest BCUT2D eigenvalue weighted by Crippen LogP contribution is 2.34. The lowest BCUT2D eigenvalue weighted by molar-refractivity contribution is -0.142. The van der Waals surface area contributed by atoms with Crippen LogP contribution in [0.1, 0.15) is 27.7 Å². The van der Waals surface area contributed by atoms with Gasteiger partial charge in [-0.2, -0.15) is 13.2 Å². The van der Waals surface area contributed by atoms with Gasteiger partial charge < -0.3 is 10.4 Å². The number of nitrogens with one attached hydrogen (secondary N) is 1. The van der Waals surface area contributed by atoms with E-state index in [0.717, 1.165) is 29.5 Å². The highest BCUT2D eigenvalue weighted by Gasteiger charge is 2.37. The highest BCUT2D eigenvalue weighted by atomic mass is 32.1. The molecule has 1 atom stereocenters. The largest absolute Gasteiger partial charge is 0.479 e. The maximum Gasteiger partial charge on any atom is 0.416 e. The molecule has 0 saturated heterocycles. The van der Waals surface area contributed by atoms with Crippen LogP contribution >= 0.6 is 11.3 Å². The first-order valence-corrected chi connectivity index (χ1v) is 6.83. The van der Waals surface area contributed by atoms with Crippen molar-refractivity contribution >= 4 is 23.2 Å². The summed E-state index contributed by atoms with van der Waals surface area (Å²) in [6.07, 6.45) is -4.73. The third-order valence-corrected chi connectivity index (χ3v) is 3.35. The Morgan fingerprint density at radius 1 is 1.27 bits per heavy atom. The van der Waals surface area contributed by atoms with Crippen molar-refractivity contribution < 1.29 is 27.9 Å². The number of hydrogen-bond acceptors (Lipinski definition) is 4.